The maximum absolute atomic E-state index is 13.2. The number of halogens is 3. The molecule has 1 aromatic carbocycles. The second kappa shape index (κ2) is 8.86. The number of piperazine rings is 1. The van der Waals surface area contributed by atoms with Gasteiger partial charge in [-0.2, -0.15) is 13.2 Å². The summed E-state index contributed by atoms with van der Waals surface area (Å²) in [5.74, 6) is 0.921. The predicted octanol–water partition coefficient (Wildman–Crippen LogP) is 3.97. The third kappa shape index (κ3) is 5.18. The van der Waals surface area contributed by atoms with E-state index in [0.717, 1.165) is 50.9 Å². The average Bonchev–Trinajstić information content (AvgIpc) is 3.59. The number of anilines is 1. The molecule has 1 aromatic heterocycles. The molecule has 166 valence electrons. The third-order valence-corrected chi connectivity index (χ3v) is 6.05. The standard InChI is InChI=1S/C23H27F3N4O/c1-17(18-5-4-6-19(15-18)23(24,25)26)30(20-8-9-20)22(31)16-28-11-13-29(14-12-28)21-7-2-3-10-27-21/h2-7,10,15,17,20H,8-9,11-14,16H2,1H3. The maximum atomic E-state index is 13.2. The number of carbonyl (C=O) groups excluding carboxylic acids is 1. The zero-order chi connectivity index (χ0) is 22.0. The normalized spacial score (nSPS) is 18.6. The molecule has 8 heteroatoms. The molecule has 2 heterocycles. The summed E-state index contributed by atoms with van der Waals surface area (Å²) in [4.78, 5) is 23.7. The van der Waals surface area contributed by atoms with Crippen LogP contribution >= 0.6 is 0 Å². The van der Waals surface area contributed by atoms with Crippen LogP contribution in [0.25, 0.3) is 0 Å². The van der Waals surface area contributed by atoms with Crippen molar-refractivity contribution in [3.8, 4) is 0 Å². The van der Waals surface area contributed by atoms with Crippen molar-refractivity contribution in [2.24, 2.45) is 0 Å². The molecule has 2 fully saturated rings. The van der Waals surface area contributed by atoms with Crippen LogP contribution in [-0.4, -0.2) is 59.5 Å². The molecule has 1 aliphatic heterocycles. The fourth-order valence-corrected chi connectivity index (χ4v) is 4.17. The van der Waals surface area contributed by atoms with Crippen molar-refractivity contribution in [1.29, 1.82) is 0 Å². The predicted molar refractivity (Wildman–Crippen MR) is 113 cm³/mol. The number of amides is 1. The minimum absolute atomic E-state index is 0.0151. The molecule has 31 heavy (non-hydrogen) atoms. The average molecular weight is 432 g/mol. The lowest BCUT2D eigenvalue weighted by atomic mass is 10.0. The second-order valence-corrected chi connectivity index (χ2v) is 8.28. The molecule has 2 aliphatic rings. The van der Waals surface area contributed by atoms with Gasteiger partial charge >= 0.3 is 6.18 Å². The number of pyridine rings is 1. The number of hydrogen-bond acceptors (Lipinski definition) is 4. The molecular weight excluding hydrogens is 405 g/mol. The number of aromatic nitrogens is 1. The van der Waals surface area contributed by atoms with Crippen LogP contribution in [-0.2, 0) is 11.0 Å². The van der Waals surface area contributed by atoms with Crippen molar-refractivity contribution >= 4 is 11.7 Å². The first-order valence-electron chi connectivity index (χ1n) is 10.7. The van der Waals surface area contributed by atoms with Crippen molar-refractivity contribution in [3.05, 3.63) is 59.8 Å². The summed E-state index contributed by atoms with van der Waals surface area (Å²) in [5.41, 5.74) is -0.152. The van der Waals surface area contributed by atoms with E-state index in [0.29, 0.717) is 5.56 Å². The topological polar surface area (TPSA) is 39.7 Å². The first-order valence-corrected chi connectivity index (χ1v) is 10.7. The van der Waals surface area contributed by atoms with Gasteiger partial charge in [-0.05, 0) is 49.6 Å². The summed E-state index contributed by atoms with van der Waals surface area (Å²) >= 11 is 0. The summed E-state index contributed by atoms with van der Waals surface area (Å²) in [6.07, 6.45) is -0.809. The number of rotatable bonds is 6. The Bertz CT molecular complexity index is 893. The first kappa shape index (κ1) is 21.6. The smallest absolute Gasteiger partial charge is 0.354 e. The highest BCUT2D eigenvalue weighted by Gasteiger charge is 2.38. The Morgan fingerprint density at radius 1 is 1.13 bits per heavy atom. The molecule has 5 nitrogen and oxygen atoms in total. The van der Waals surface area contributed by atoms with Crippen molar-refractivity contribution in [2.75, 3.05) is 37.6 Å². The van der Waals surface area contributed by atoms with Crippen LogP contribution < -0.4 is 4.90 Å². The molecule has 1 saturated heterocycles. The van der Waals surface area contributed by atoms with Gasteiger partial charge in [-0.25, -0.2) is 4.98 Å². The SMILES string of the molecule is CC(c1cccc(C(F)(F)F)c1)N(C(=O)CN1CCN(c2ccccn2)CC1)C1CC1. The molecule has 1 atom stereocenters. The summed E-state index contributed by atoms with van der Waals surface area (Å²) < 4.78 is 39.4. The number of benzene rings is 1. The lowest BCUT2D eigenvalue weighted by Gasteiger charge is -2.37. The third-order valence-electron chi connectivity index (χ3n) is 6.05. The van der Waals surface area contributed by atoms with Crippen LogP contribution in [0.2, 0.25) is 0 Å². The molecule has 1 aliphatic carbocycles. The Kier molecular flexibility index (Phi) is 6.18. The van der Waals surface area contributed by atoms with Gasteiger partial charge in [-0.3, -0.25) is 9.69 Å². The van der Waals surface area contributed by atoms with Gasteiger partial charge in [0.15, 0.2) is 0 Å². The largest absolute Gasteiger partial charge is 0.416 e. The second-order valence-electron chi connectivity index (χ2n) is 8.28. The Hall–Kier alpha value is -2.61. The summed E-state index contributed by atoms with van der Waals surface area (Å²) in [5, 5.41) is 0. The van der Waals surface area contributed by atoms with E-state index in [2.05, 4.69) is 14.8 Å². The van der Waals surface area contributed by atoms with E-state index in [1.807, 2.05) is 25.1 Å². The van der Waals surface area contributed by atoms with E-state index in [1.165, 1.54) is 12.1 Å². The summed E-state index contributed by atoms with van der Waals surface area (Å²) in [6.45, 7) is 5.19. The highest BCUT2D eigenvalue weighted by atomic mass is 19.4. The van der Waals surface area contributed by atoms with Crippen LogP contribution in [0.3, 0.4) is 0 Å². The first-order chi connectivity index (χ1) is 14.8. The van der Waals surface area contributed by atoms with Crippen LogP contribution in [0.5, 0.6) is 0 Å². The monoisotopic (exact) mass is 432 g/mol. The van der Waals surface area contributed by atoms with E-state index in [-0.39, 0.29) is 18.5 Å². The fraction of sp³-hybridized carbons (Fsp3) is 0.478. The van der Waals surface area contributed by atoms with Gasteiger partial charge in [0, 0.05) is 38.4 Å². The Morgan fingerprint density at radius 3 is 2.48 bits per heavy atom. The van der Waals surface area contributed by atoms with Crippen LogP contribution in [0.4, 0.5) is 19.0 Å². The Labute approximate surface area is 180 Å². The van der Waals surface area contributed by atoms with Crippen molar-refractivity contribution in [3.63, 3.8) is 0 Å². The van der Waals surface area contributed by atoms with E-state index >= 15 is 0 Å². The van der Waals surface area contributed by atoms with E-state index in [1.54, 1.807) is 17.2 Å². The van der Waals surface area contributed by atoms with Gasteiger partial charge in [0.05, 0.1) is 18.2 Å². The molecule has 1 amide bonds. The Morgan fingerprint density at radius 2 is 1.87 bits per heavy atom. The molecule has 4 rings (SSSR count). The number of hydrogen-bond donors (Lipinski definition) is 0. The lowest BCUT2D eigenvalue weighted by molar-refractivity contribution is -0.137. The van der Waals surface area contributed by atoms with Crippen LogP contribution in [0, 0.1) is 0 Å². The van der Waals surface area contributed by atoms with Gasteiger partial charge in [0.1, 0.15) is 5.82 Å². The molecule has 0 spiro atoms. The number of carbonyl (C=O) groups is 1. The zero-order valence-corrected chi connectivity index (χ0v) is 17.6. The van der Waals surface area contributed by atoms with Gasteiger partial charge in [-0.1, -0.05) is 18.2 Å². The highest BCUT2D eigenvalue weighted by molar-refractivity contribution is 5.79. The van der Waals surface area contributed by atoms with Gasteiger partial charge in [-0.15, -0.1) is 0 Å². The van der Waals surface area contributed by atoms with E-state index in [9.17, 15) is 18.0 Å². The molecule has 0 N–H and O–H groups in total. The lowest BCUT2D eigenvalue weighted by Crippen LogP contribution is -2.51. The molecule has 0 radical (unpaired) electrons. The van der Waals surface area contributed by atoms with Gasteiger partial charge < -0.3 is 9.80 Å². The molecular formula is C23H27F3N4O. The zero-order valence-electron chi connectivity index (χ0n) is 17.6. The molecule has 2 aromatic rings. The van der Waals surface area contributed by atoms with Crippen molar-refractivity contribution in [1.82, 2.24) is 14.8 Å². The molecule has 0 bridgehead atoms. The number of alkyl halides is 3. The van der Waals surface area contributed by atoms with E-state index in [4.69, 9.17) is 0 Å². The van der Waals surface area contributed by atoms with Crippen LogP contribution in [0.1, 0.15) is 36.9 Å². The summed E-state index contributed by atoms with van der Waals surface area (Å²) in [6, 6.07) is 10.9. The highest BCUT2D eigenvalue weighted by Crippen LogP contribution is 2.36. The van der Waals surface area contributed by atoms with Gasteiger partial charge in [0.2, 0.25) is 5.91 Å². The quantitative estimate of drug-likeness (QED) is 0.693. The molecule has 1 saturated carbocycles. The fourth-order valence-electron chi connectivity index (χ4n) is 4.17. The van der Waals surface area contributed by atoms with Crippen LogP contribution in [0.15, 0.2) is 48.7 Å². The number of nitrogens with zero attached hydrogens (tertiary/aromatic N) is 4. The van der Waals surface area contributed by atoms with E-state index < -0.39 is 17.8 Å². The summed E-state index contributed by atoms with van der Waals surface area (Å²) in [7, 11) is 0. The van der Waals surface area contributed by atoms with Crippen molar-refractivity contribution in [2.45, 2.75) is 38.0 Å². The minimum Gasteiger partial charge on any atom is -0.354 e. The molecule has 1 unspecified atom stereocenters. The Balaban J connectivity index is 1.40. The van der Waals surface area contributed by atoms with Gasteiger partial charge in [0.25, 0.3) is 0 Å². The maximum Gasteiger partial charge on any atom is 0.416 e. The minimum atomic E-state index is -4.39. The van der Waals surface area contributed by atoms with Crippen molar-refractivity contribution < 1.29 is 18.0 Å².